The molecule has 1 amide bonds. The van der Waals surface area contributed by atoms with E-state index in [1.807, 2.05) is 20.8 Å². The molecule has 0 radical (unpaired) electrons. The molecule has 2 rings (SSSR count). The highest BCUT2D eigenvalue weighted by Gasteiger charge is 2.35. The van der Waals surface area contributed by atoms with E-state index < -0.39 is 23.1 Å². The number of rotatable bonds is 3. The fourth-order valence-electron chi connectivity index (χ4n) is 2.46. The number of nitrogens with one attached hydrogen (secondary N) is 1. The molecule has 0 heterocycles. The molecule has 1 aliphatic carbocycles. The molecular weight excluding hydrogens is 296 g/mol. The summed E-state index contributed by atoms with van der Waals surface area (Å²) >= 11 is 5.76. The molecule has 1 aromatic carbocycles. The molecule has 0 spiro atoms. The molecule has 1 aromatic rings. The summed E-state index contributed by atoms with van der Waals surface area (Å²) in [5.74, 6) is -1.67. The Morgan fingerprint density at radius 2 is 1.95 bits per heavy atom. The third kappa shape index (κ3) is 3.37. The van der Waals surface area contributed by atoms with Gasteiger partial charge < -0.3 is 5.32 Å². The van der Waals surface area contributed by atoms with Crippen molar-refractivity contribution in [2.45, 2.75) is 46.1 Å². The molecule has 0 aromatic heterocycles. The van der Waals surface area contributed by atoms with Crippen LogP contribution in [0.4, 0.5) is 8.78 Å². The van der Waals surface area contributed by atoms with Crippen molar-refractivity contribution in [2.75, 3.05) is 0 Å². The van der Waals surface area contributed by atoms with Crippen molar-refractivity contribution >= 4 is 17.5 Å². The first-order valence-corrected chi connectivity index (χ1v) is 7.53. The smallest absolute Gasteiger partial charge is 0.223 e. The molecule has 0 bridgehead atoms. The van der Waals surface area contributed by atoms with E-state index >= 15 is 0 Å². The third-order valence-electron chi connectivity index (χ3n) is 4.00. The van der Waals surface area contributed by atoms with Gasteiger partial charge in [0.05, 0.1) is 11.1 Å². The van der Waals surface area contributed by atoms with Crippen molar-refractivity contribution in [3.63, 3.8) is 0 Å². The van der Waals surface area contributed by atoms with Crippen molar-refractivity contribution in [3.05, 3.63) is 34.4 Å². The lowest BCUT2D eigenvalue weighted by molar-refractivity contribution is -0.129. The van der Waals surface area contributed by atoms with Crippen LogP contribution < -0.4 is 5.32 Å². The summed E-state index contributed by atoms with van der Waals surface area (Å²) < 4.78 is 28.4. The first-order chi connectivity index (χ1) is 9.71. The van der Waals surface area contributed by atoms with Crippen LogP contribution in [0.5, 0.6) is 0 Å². The summed E-state index contributed by atoms with van der Waals surface area (Å²) in [4.78, 5) is 12.2. The van der Waals surface area contributed by atoms with E-state index in [1.165, 1.54) is 6.07 Å². The standard InChI is InChI=1S/C16H20ClF2NO/c1-16(2,3)14(20-15(21)9-5-4-6-9)12-11(18)8-7-10(17)13(12)19/h7-9,14H,4-6H2,1-3H3,(H,20,21). The molecule has 5 heteroatoms. The Labute approximate surface area is 128 Å². The molecule has 1 fully saturated rings. The maximum atomic E-state index is 14.3. The van der Waals surface area contributed by atoms with E-state index in [0.29, 0.717) is 0 Å². The van der Waals surface area contributed by atoms with Crippen molar-refractivity contribution in [1.82, 2.24) is 5.32 Å². The zero-order chi connectivity index (χ0) is 15.8. The fourth-order valence-corrected chi connectivity index (χ4v) is 2.62. The highest BCUT2D eigenvalue weighted by molar-refractivity contribution is 6.30. The van der Waals surface area contributed by atoms with E-state index in [1.54, 1.807) is 0 Å². The molecule has 1 saturated carbocycles. The average Bonchev–Trinajstić information content (AvgIpc) is 2.29. The van der Waals surface area contributed by atoms with Crippen LogP contribution in [-0.2, 0) is 4.79 Å². The Hall–Kier alpha value is -1.16. The number of carbonyl (C=O) groups is 1. The second-order valence-corrected chi connectivity index (χ2v) is 7.10. The van der Waals surface area contributed by atoms with Gasteiger partial charge in [0.1, 0.15) is 11.6 Å². The summed E-state index contributed by atoms with van der Waals surface area (Å²) in [6.45, 7) is 5.50. The summed E-state index contributed by atoms with van der Waals surface area (Å²) in [5, 5.41) is 2.67. The fraction of sp³-hybridized carbons (Fsp3) is 0.562. The SMILES string of the molecule is CC(C)(C)C(NC(=O)C1CCC1)c1c(F)ccc(Cl)c1F. The number of hydrogen-bond donors (Lipinski definition) is 1. The Bertz CT molecular complexity index is 550. The van der Waals surface area contributed by atoms with Crippen molar-refractivity contribution in [2.24, 2.45) is 11.3 Å². The Balaban J connectivity index is 2.37. The highest BCUT2D eigenvalue weighted by atomic mass is 35.5. The van der Waals surface area contributed by atoms with Crippen molar-refractivity contribution < 1.29 is 13.6 Å². The van der Waals surface area contributed by atoms with Crippen LogP contribution in [0.25, 0.3) is 0 Å². The van der Waals surface area contributed by atoms with Crippen LogP contribution in [0.1, 0.15) is 51.6 Å². The first kappa shape index (κ1) is 16.2. The van der Waals surface area contributed by atoms with Crippen LogP contribution in [0.15, 0.2) is 12.1 Å². The van der Waals surface area contributed by atoms with E-state index in [9.17, 15) is 13.6 Å². The van der Waals surface area contributed by atoms with Gasteiger partial charge in [-0.15, -0.1) is 0 Å². The number of carbonyl (C=O) groups excluding carboxylic acids is 1. The number of benzene rings is 1. The third-order valence-corrected chi connectivity index (χ3v) is 4.29. The molecule has 21 heavy (non-hydrogen) atoms. The maximum Gasteiger partial charge on any atom is 0.223 e. The molecule has 2 nitrogen and oxygen atoms in total. The van der Waals surface area contributed by atoms with Crippen LogP contribution in [-0.4, -0.2) is 5.91 Å². The largest absolute Gasteiger partial charge is 0.348 e. The van der Waals surface area contributed by atoms with E-state index in [4.69, 9.17) is 11.6 Å². The average molecular weight is 316 g/mol. The van der Waals surface area contributed by atoms with Gasteiger partial charge >= 0.3 is 0 Å². The minimum Gasteiger partial charge on any atom is -0.348 e. The lowest BCUT2D eigenvalue weighted by Gasteiger charge is -2.35. The van der Waals surface area contributed by atoms with Gasteiger partial charge in [0.15, 0.2) is 0 Å². The highest BCUT2D eigenvalue weighted by Crippen LogP contribution is 2.38. The lowest BCUT2D eigenvalue weighted by atomic mass is 9.80. The van der Waals surface area contributed by atoms with Gasteiger partial charge in [-0.05, 0) is 30.4 Å². The van der Waals surface area contributed by atoms with Crippen molar-refractivity contribution in [1.29, 1.82) is 0 Å². The van der Waals surface area contributed by atoms with Gasteiger partial charge in [-0.3, -0.25) is 4.79 Å². The second-order valence-electron chi connectivity index (χ2n) is 6.69. The van der Waals surface area contributed by atoms with Gasteiger partial charge in [-0.1, -0.05) is 38.8 Å². The minimum atomic E-state index is -0.800. The van der Waals surface area contributed by atoms with Gasteiger partial charge in [0, 0.05) is 11.5 Å². The molecule has 116 valence electrons. The second kappa shape index (κ2) is 5.91. The molecule has 1 unspecified atom stereocenters. The number of hydrogen-bond acceptors (Lipinski definition) is 1. The summed E-state index contributed by atoms with van der Waals surface area (Å²) in [6, 6.07) is 1.56. The Morgan fingerprint density at radius 3 is 2.43 bits per heavy atom. The summed E-state index contributed by atoms with van der Waals surface area (Å²) in [5.41, 5.74) is -0.700. The zero-order valence-electron chi connectivity index (χ0n) is 12.5. The molecule has 1 aliphatic rings. The topological polar surface area (TPSA) is 29.1 Å². The Morgan fingerprint density at radius 1 is 1.33 bits per heavy atom. The predicted molar refractivity (Wildman–Crippen MR) is 79.0 cm³/mol. The zero-order valence-corrected chi connectivity index (χ0v) is 13.2. The summed E-state index contributed by atoms with van der Waals surface area (Å²) in [7, 11) is 0. The number of amides is 1. The quantitative estimate of drug-likeness (QED) is 0.810. The van der Waals surface area contributed by atoms with E-state index in [-0.39, 0.29) is 22.4 Å². The minimum absolute atomic E-state index is 0.0415. The van der Waals surface area contributed by atoms with Gasteiger partial charge in [0.25, 0.3) is 0 Å². The van der Waals surface area contributed by atoms with Gasteiger partial charge in [0.2, 0.25) is 5.91 Å². The lowest BCUT2D eigenvalue weighted by Crippen LogP contribution is -2.42. The number of halogens is 3. The Kier molecular flexibility index (Phi) is 4.57. The van der Waals surface area contributed by atoms with Gasteiger partial charge in [-0.25, -0.2) is 8.78 Å². The van der Waals surface area contributed by atoms with Gasteiger partial charge in [-0.2, -0.15) is 0 Å². The first-order valence-electron chi connectivity index (χ1n) is 7.15. The molecule has 0 aliphatic heterocycles. The normalized spacial score (nSPS) is 17.2. The van der Waals surface area contributed by atoms with Crippen LogP contribution in [0.2, 0.25) is 5.02 Å². The van der Waals surface area contributed by atoms with Crippen molar-refractivity contribution in [3.8, 4) is 0 Å². The van der Waals surface area contributed by atoms with E-state index in [0.717, 1.165) is 25.3 Å². The van der Waals surface area contributed by atoms with Crippen LogP contribution in [0, 0.1) is 23.0 Å². The molecular formula is C16H20ClF2NO. The predicted octanol–water partition coefficient (Wildman–Crippen LogP) is 4.62. The van der Waals surface area contributed by atoms with E-state index in [2.05, 4.69) is 5.32 Å². The molecule has 0 saturated heterocycles. The molecule has 1 N–H and O–H groups in total. The van der Waals surface area contributed by atoms with Crippen LogP contribution >= 0.6 is 11.6 Å². The van der Waals surface area contributed by atoms with Crippen LogP contribution in [0.3, 0.4) is 0 Å². The maximum absolute atomic E-state index is 14.3. The molecule has 1 atom stereocenters. The monoisotopic (exact) mass is 315 g/mol. The summed E-state index contributed by atoms with van der Waals surface area (Å²) in [6.07, 6.45) is 2.70.